The first-order chi connectivity index (χ1) is 13.5. The van der Waals surface area contributed by atoms with Gasteiger partial charge in [-0.3, -0.25) is 4.79 Å². The van der Waals surface area contributed by atoms with E-state index >= 15 is 0 Å². The van der Waals surface area contributed by atoms with Crippen molar-refractivity contribution in [2.24, 2.45) is 5.73 Å². The van der Waals surface area contributed by atoms with Crippen molar-refractivity contribution in [3.05, 3.63) is 82.9 Å². The minimum atomic E-state index is -5.05. The van der Waals surface area contributed by atoms with Gasteiger partial charge in [-0.25, -0.2) is 0 Å². The molecule has 1 aliphatic rings. The van der Waals surface area contributed by atoms with Crippen LogP contribution in [0.2, 0.25) is 0 Å². The van der Waals surface area contributed by atoms with E-state index in [2.05, 4.69) is 0 Å². The molecule has 0 saturated heterocycles. The summed E-state index contributed by atoms with van der Waals surface area (Å²) in [6.07, 6.45) is -2.47. The first-order valence-electron chi connectivity index (χ1n) is 8.76. The smallest absolute Gasteiger partial charge is 0.313 e. The number of hydrogen-bond donors (Lipinski definition) is 1. The van der Waals surface area contributed by atoms with Gasteiger partial charge in [-0.15, -0.1) is 0 Å². The zero-order chi connectivity index (χ0) is 21.4. The third-order valence-corrected chi connectivity index (χ3v) is 4.18. The minimum absolute atomic E-state index is 0.0634. The molecule has 1 heterocycles. The summed E-state index contributed by atoms with van der Waals surface area (Å²) in [6.45, 7) is 0. The highest BCUT2D eigenvalue weighted by molar-refractivity contribution is 7.86. The molecule has 2 aromatic rings. The van der Waals surface area contributed by atoms with Gasteiger partial charge in [0.05, 0.1) is 15.7 Å². The summed E-state index contributed by atoms with van der Waals surface area (Å²) in [6, 6.07) is 14.2. The molecule has 0 amide bonds. The number of carbonyl (C=O) groups excluding carboxylic acids is 1. The van der Waals surface area contributed by atoms with Gasteiger partial charge in [0.1, 0.15) is 5.70 Å². The molecule has 0 saturated carbocycles. The number of benzene rings is 2. The van der Waals surface area contributed by atoms with E-state index < -0.39 is 39.3 Å². The standard InChI is InChI=1S/C18H14N2O5S/c19-10-13-7-4-8-14(9-13)16-15(21)17(18(20)24-16)25-26(22,23)11-12-5-2-1-3-6-12/h1-9,16H,11,20H2/t16-/m0/s1/i11D2,16D. The van der Waals surface area contributed by atoms with Gasteiger partial charge in [-0.1, -0.05) is 42.5 Å². The lowest BCUT2D eigenvalue weighted by atomic mass is 10.0. The van der Waals surface area contributed by atoms with E-state index in [0.717, 1.165) is 0 Å². The van der Waals surface area contributed by atoms with Gasteiger partial charge in [0.25, 0.3) is 0 Å². The first-order valence-corrected chi connectivity index (χ1v) is 8.67. The number of nitriles is 1. The van der Waals surface area contributed by atoms with Crippen molar-refractivity contribution in [1.82, 2.24) is 0 Å². The molecule has 0 aromatic heterocycles. The van der Waals surface area contributed by atoms with Gasteiger partial charge in [-0.2, -0.15) is 13.7 Å². The zero-order valence-corrected chi connectivity index (χ0v) is 14.0. The predicted molar refractivity (Wildman–Crippen MR) is 91.4 cm³/mol. The summed E-state index contributed by atoms with van der Waals surface area (Å²) in [5.74, 6) is -3.01. The van der Waals surface area contributed by atoms with Crippen LogP contribution in [0, 0.1) is 11.3 Å². The Kier molecular flexibility index (Phi) is 3.69. The fourth-order valence-electron chi connectivity index (χ4n) is 2.20. The predicted octanol–water partition coefficient (Wildman–Crippen LogP) is 1.87. The molecule has 2 aromatic carbocycles. The van der Waals surface area contributed by atoms with Crippen LogP contribution in [0.3, 0.4) is 0 Å². The Morgan fingerprint density at radius 2 is 2.00 bits per heavy atom. The fraction of sp³-hybridized carbons (Fsp3) is 0.111. The van der Waals surface area contributed by atoms with Crippen LogP contribution in [0.1, 0.15) is 26.9 Å². The number of Topliss-reactive ketones (excluding diaryl/α,β-unsaturated/α-hetero) is 1. The number of ether oxygens (including phenoxy) is 1. The molecular formula is C18H14N2O5S. The van der Waals surface area contributed by atoms with Crippen molar-refractivity contribution < 1.29 is 26.2 Å². The van der Waals surface area contributed by atoms with Crippen molar-refractivity contribution in [2.75, 3.05) is 0 Å². The maximum atomic E-state index is 12.7. The number of nitrogens with two attached hydrogens (primary N) is 1. The molecule has 3 rings (SSSR count). The summed E-state index contributed by atoms with van der Waals surface area (Å²) in [5.41, 5.74) is 2.44. The molecular weight excluding hydrogens is 356 g/mol. The molecule has 0 unspecified atom stereocenters. The third-order valence-electron chi connectivity index (χ3n) is 3.31. The molecule has 7 nitrogen and oxygen atoms in total. The normalized spacial score (nSPS) is 22.0. The average molecular weight is 373 g/mol. The van der Waals surface area contributed by atoms with Gasteiger partial charge in [0.15, 0.2) is 6.08 Å². The number of hydrogen-bond acceptors (Lipinski definition) is 7. The van der Waals surface area contributed by atoms with Gasteiger partial charge in [0.2, 0.25) is 17.4 Å². The SMILES string of the molecule is [2H]C([2H])(c1ccccc1)S(=O)(=O)OC1=C(N)O[C@@]([2H])(c2cccc(C#N)c2)C1=O. The van der Waals surface area contributed by atoms with Crippen LogP contribution in [0.5, 0.6) is 0 Å². The Balaban J connectivity index is 1.95. The summed E-state index contributed by atoms with van der Waals surface area (Å²) in [5, 5.41) is 8.99. The van der Waals surface area contributed by atoms with E-state index in [4.69, 9.17) is 24.0 Å². The van der Waals surface area contributed by atoms with E-state index in [9.17, 15) is 13.2 Å². The Morgan fingerprint density at radius 1 is 1.27 bits per heavy atom. The largest absolute Gasteiger partial charge is 0.460 e. The second-order valence-electron chi connectivity index (χ2n) is 5.15. The molecule has 0 radical (unpaired) electrons. The molecule has 2 N–H and O–H groups in total. The fourth-order valence-corrected chi connectivity index (χ4v) is 3.04. The molecule has 8 heteroatoms. The first kappa shape index (κ1) is 13.9. The molecule has 0 spiro atoms. The average Bonchev–Trinajstić information content (AvgIpc) is 2.92. The summed E-state index contributed by atoms with van der Waals surface area (Å²) < 4.78 is 59.1. The monoisotopic (exact) mass is 373 g/mol. The van der Waals surface area contributed by atoms with Crippen LogP contribution < -0.4 is 5.73 Å². The lowest BCUT2D eigenvalue weighted by molar-refractivity contribution is -0.123. The summed E-state index contributed by atoms with van der Waals surface area (Å²) in [4.78, 5) is 12.7. The van der Waals surface area contributed by atoms with E-state index in [1.807, 2.05) is 6.07 Å². The molecule has 0 aliphatic carbocycles. The lowest BCUT2D eigenvalue weighted by Gasteiger charge is -2.10. The van der Waals surface area contributed by atoms with E-state index in [-0.39, 0.29) is 16.7 Å². The molecule has 0 bridgehead atoms. The second-order valence-corrected chi connectivity index (χ2v) is 6.43. The van der Waals surface area contributed by atoms with E-state index in [0.29, 0.717) is 0 Å². The van der Waals surface area contributed by atoms with Crippen LogP contribution in [-0.4, -0.2) is 14.2 Å². The highest BCUT2D eigenvalue weighted by Gasteiger charge is 2.39. The zero-order valence-electron chi connectivity index (χ0n) is 16.2. The topological polar surface area (TPSA) is 119 Å². The third kappa shape index (κ3) is 3.68. The van der Waals surface area contributed by atoms with Gasteiger partial charge >= 0.3 is 10.1 Å². The van der Waals surface area contributed by atoms with Gasteiger partial charge < -0.3 is 14.7 Å². The Bertz CT molecular complexity index is 1160. The van der Waals surface area contributed by atoms with Gasteiger partial charge in [0, 0.05) is 5.56 Å². The quantitative estimate of drug-likeness (QED) is 0.795. The van der Waals surface area contributed by atoms with E-state index in [1.165, 1.54) is 48.5 Å². The molecule has 26 heavy (non-hydrogen) atoms. The van der Waals surface area contributed by atoms with Crippen LogP contribution in [0.15, 0.2) is 66.2 Å². The van der Waals surface area contributed by atoms with Crippen LogP contribution in [0.25, 0.3) is 0 Å². The maximum Gasteiger partial charge on any atom is 0.313 e. The lowest BCUT2D eigenvalue weighted by Crippen LogP contribution is -2.16. The molecule has 1 atom stereocenters. The maximum absolute atomic E-state index is 12.7. The number of rotatable bonds is 5. The Morgan fingerprint density at radius 3 is 2.69 bits per heavy atom. The van der Waals surface area contributed by atoms with Crippen molar-refractivity contribution in [1.29, 1.82) is 5.26 Å². The highest BCUT2D eigenvalue weighted by Crippen LogP contribution is 2.33. The molecule has 1 aliphatic heterocycles. The number of ketones is 1. The van der Waals surface area contributed by atoms with Crippen LogP contribution in [0.4, 0.5) is 0 Å². The Hall–Kier alpha value is -3.31. The van der Waals surface area contributed by atoms with Crippen molar-refractivity contribution in [3.63, 3.8) is 0 Å². The Labute approximate surface area is 154 Å². The van der Waals surface area contributed by atoms with Crippen LogP contribution in [-0.2, 0) is 29.5 Å². The summed E-state index contributed by atoms with van der Waals surface area (Å²) in [7, 11) is -5.05. The minimum Gasteiger partial charge on any atom is -0.460 e. The summed E-state index contributed by atoms with van der Waals surface area (Å²) >= 11 is 0. The molecule has 132 valence electrons. The number of carbonyl (C=O) groups is 1. The number of nitrogens with zero attached hydrogens (tertiary/aromatic N) is 1. The van der Waals surface area contributed by atoms with Crippen molar-refractivity contribution in [2.45, 2.75) is 11.8 Å². The van der Waals surface area contributed by atoms with E-state index in [1.54, 1.807) is 6.07 Å². The molecule has 0 fully saturated rings. The van der Waals surface area contributed by atoms with Gasteiger partial charge in [-0.05, 0) is 17.7 Å². The van der Waals surface area contributed by atoms with Crippen molar-refractivity contribution in [3.8, 4) is 6.07 Å². The second kappa shape index (κ2) is 6.90. The van der Waals surface area contributed by atoms with Crippen molar-refractivity contribution >= 4 is 15.9 Å². The van der Waals surface area contributed by atoms with Crippen LogP contribution >= 0.6 is 0 Å². The highest BCUT2D eigenvalue weighted by atomic mass is 32.2.